The van der Waals surface area contributed by atoms with E-state index in [0.29, 0.717) is 24.1 Å². The van der Waals surface area contributed by atoms with E-state index in [1.165, 1.54) is 0 Å². The fourth-order valence-corrected chi connectivity index (χ4v) is 2.92. The molecule has 0 radical (unpaired) electrons. The van der Waals surface area contributed by atoms with Crippen LogP contribution in [-0.2, 0) is 18.3 Å². The third kappa shape index (κ3) is 3.29. The summed E-state index contributed by atoms with van der Waals surface area (Å²) in [7, 11) is 1.74. The molecule has 0 aliphatic carbocycles. The highest BCUT2D eigenvalue weighted by atomic mass is 16.3. The molecule has 126 valence electrons. The number of aromatic amines is 1. The number of carbonyl (C=O) groups is 1. The molecule has 0 spiro atoms. The summed E-state index contributed by atoms with van der Waals surface area (Å²) in [6.45, 7) is 6.57. The number of carbonyl (C=O) groups excluding carboxylic acids is 1. The van der Waals surface area contributed by atoms with Crippen LogP contribution in [0.5, 0.6) is 0 Å². The van der Waals surface area contributed by atoms with E-state index < -0.39 is 0 Å². The third-order valence-corrected chi connectivity index (χ3v) is 4.12. The molecular weight excluding hydrogens is 296 g/mol. The molecule has 0 bridgehead atoms. The predicted molar refractivity (Wildman–Crippen MR) is 88.5 cm³/mol. The molecule has 0 fully saturated rings. The maximum Gasteiger partial charge on any atom is 0.273 e. The Bertz CT molecular complexity index is 770. The molecule has 2 aromatic heterocycles. The van der Waals surface area contributed by atoms with Crippen molar-refractivity contribution in [3.05, 3.63) is 27.2 Å². The predicted octanol–water partition coefficient (Wildman–Crippen LogP) is 0.652. The van der Waals surface area contributed by atoms with Crippen molar-refractivity contribution in [1.82, 2.24) is 19.7 Å². The minimum Gasteiger partial charge on any atom is -0.395 e. The number of fused-ring (bicyclic) bond motifs is 1. The Morgan fingerprint density at radius 1 is 1.35 bits per heavy atom. The maximum atomic E-state index is 12.5. The van der Waals surface area contributed by atoms with E-state index in [9.17, 15) is 9.59 Å². The van der Waals surface area contributed by atoms with Crippen molar-refractivity contribution in [3.63, 3.8) is 0 Å². The van der Waals surface area contributed by atoms with E-state index in [0.717, 1.165) is 23.2 Å². The Labute approximate surface area is 134 Å². The van der Waals surface area contributed by atoms with Crippen LogP contribution in [0.15, 0.2) is 4.79 Å². The van der Waals surface area contributed by atoms with Crippen LogP contribution in [0.1, 0.15) is 30.2 Å². The second-order valence-corrected chi connectivity index (χ2v) is 5.78. The van der Waals surface area contributed by atoms with Gasteiger partial charge in [-0.05, 0) is 31.4 Å². The van der Waals surface area contributed by atoms with Crippen molar-refractivity contribution in [2.75, 3.05) is 19.7 Å². The number of nitrogens with zero attached hydrogens (tertiary/aromatic N) is 3. The van der Waals surface area contributed by atoms with Crippen molar-refractivity contribution >= 4 is 16.9 Å². The topological polar surface area (TPSA) is 91.2 Å². The average molecular weight is 320 g/mol. The zero-order chi connectivity index (χ0) is 17.1. The number of aliphatic hydroxyl groups excluding tert-OH is 1. The van der Waals surface area contributed by atoms with E-state index in [1.807, 2.05) is 20.8 Å². The first-order valence-corrected chi connectivity index (χ1v) is 7.84. The molecule has 0 atom stereocenters. The number of pyridine rings is 1. The Kier molecular flexibility index (Phi) is 5.20. The lowest BCUT2D eigenvalue weighted by atomic mass is 10.0. The molecule has 2 aromatic rings. The lowest BCUT2D eigenvalue weighted by Crippen LogP contribution is -2.35. The molecule has 2 N–H and O–H groups in total. The average Bonchev–Trinajstić information content (AvgIpc) is 2.77. The van der Waals surface area contributed by atoms with Gasteiger partial charge in [0.1, 0.15) is 0 Å². The maximum absolute atomic E-state index is 12.5. The number of aryl methyl sites for hydroxylation is 3. The lowest BCUT2D eigenvalue weighted by Gasteiger charge is -2.22. The van der Waals surface area contributed by atoms with Gasteiger partial charge in [0.15, 0.2) is 5.65 Å². The summed E-state index contributed by atoms with van der Waals surface area (Å²) in [5, 5.41) is 12.3. The summed E-state index contributed by atoms with van der Waals surface area (Å²) in [5.41, 5.74) is 2.74. The highest BCUT2D eigenvalue weighted by Crippen LogP contribution is 2.20. The van der Waals surface area contributed by atoms with E-state index in [-0.39, 0.29) is 24.5 Å². The van der Waals surface area contributed by atoms with Gasteiger partial charge in [-0.3, -0.25) is 19.4 Å². The van der Waals surface area contributed by atoms with Crippen LogP contribution in [0.25, 0.3) is 11.0 Å². The van der Waals surface area contributed by atoms with Crippen molar-refractivity contribution < 1.29 is 9.90 Å². The monoisotopic (exact) mass is 320 g/mol. The molecule has 23 heavy (non-hydrogen) atoms. The largest absolute Gasteiger partial charge is 0.395 e. The van der Waals surface area contributed by atoms with Crippen LogP contribution in [0.4, 0.5) is 0 Å². The zero-order valence-electron chi connectivity index (χ0n) is 14.1. The number of nitrogens with one attached hydrogen (secondary N) is 1. The standard InChI is InChI=1S/C16H24N4O3/c1-5-6-20(7-8-21)13(22)9-12-10(2)14-15(17-11(12)3)19(4)18-16(14)23/h21H,5-9H2,1-4H3,(H,18,23). The summed E-state index contributed by atoms with van der Waals surface area (Å²) >= 11 is 0. The molecular formula is C16H24N4O3. The fraction of sp³-hybridized carbons (Fsp3) is 0.562. The Morgan fingerprint density at radius 3 is 2.65 bits per heavy atom. The molecule has 7 nitrogen and oxygen atoms in total. The molecule has 2 heterocycles. The summed E-state index contributed by atoms with van der Waals surface area (Å²) in [6.07, 6.45) is 1.02. The number of amides is 1. The van der Waals surface area contributed by atoms with Crippen LogP contribution in [0, 0.1) is 13.8 Å². The first-order chi connectivity index (χ1) is 10.9. The fourth-order valence-electron chi connectivity index (χ4n) is 2.92. The summed E-state index contributed by atoms with van der Waals surface area (Å²) < 4.78 is 1.60. The summed E-state index contributed by atoms with van der Waals surface area (Å²) in [6, 6.07) is 0. The van der Waals surface area contributed by atoms with Crippen molar-refractivity contribution in [2.45, 2.75) is 33.6 Å². The van der Waals surface area contributed by atoms with Crippen molar-refractivity contribution in [1.29, 1.82) is 0 Å². The molecule has 0 aliphatic rings. The van der Waals surface area contributed by atoms with Gasteiger partial charge in [0, 0.05) is 25.8 Å². The SMILES string of the molecule is CCCN(CCO)C(=O)Cc1c(C)nc2c(c1C)c(=O)[nH]n2C. The number of hydrogen-bond acceptors (Lipinski definition) is 4. The van der Waals surface area contributed by atoms with Gasteiger partial charge in [-0.2, -0.15) is 0 Å². The number of aromatic nitrogens is 3. The van der Waals surface area contributed by atoms with E-state index >= 15 is 0 Å². The molecule has 1 amide bonds. The summed E-state index contributed by atoms with van der Waals surface area (Å²) in [4.78, 5) is 30.7. The normalized spacial score (nSPS) is 11.2. The van der Waals surface area contributed by atoms with Gasteiger partial charge >= 0.3 is 0 Å². The Morgan fingerprint density at radius 2 is 2.04 bits per heavy atom. The van der Waals surface area contributed by atoms with Gasteiger partial charge in [-0.25, -0.2) is 4.98 Å². The van der Waals surface area contributed by atoms with Crippen LogP contribution < -0.4 is 5.56 Å². The van der Waals surface area contributed by atoms with Gasteiger partial charge in [0.25, 0.3) is 5.56 Å². The van der Waals surface area contributed by atoms with E-state index in [2.05, 4.69) is 10.1 Å². The molecule has 0 aromatic carbocycles. The van der Waals surface area contributed by atoms with Crippen LogP contribution in [0.3, 0.4) is 0 Å². The van der Waals surface area contributed by atoms with Crippen LogP contribution >= 0.6 is 0 Å². The van der Waals surface area contributed by atoms with Gasteiger partial charge in [-0.15, -0.1) is 0 Å². The first kappa shape index (κ1) is 17.2. The minimum absolute atomic E-state index is 0.0550. The highest BCUT2D eigenvalue weighted by molar-refractivity contribution is 5.84. The Hall–Kier alpha value is -2.15. The van der Waals surface area contributed by atoms with Gasteiger partial charge in [0.2, 0.25) is 5.91 Å². The zero-order valence-corrected chi connectivity index (χ0v) is 14.1. The van der Waals surface area contributed by atoms with Crippen molar-refractivity contribution in [2.24, 2.45) is 7.05 Å². The van der Waals surface area contributed by atoms with E-state index in [4.69, 9.17) is 5.11 Å². The van der Waals surface area contributed by atoms with Gasteiger partial charge < -0.3 is 10.0 Å². The number of hydrogen-bond donors (Lipinski definition) is 2. The smallest absolute Gasteiger partial charge is 0.273 e. The first-order valence-electron chi connectivity index (χ1n) is 7.84. The second-order valence-electron chi connectivity index (χ2n) is 5.78. The third-order valence-electron chi connectivity index (χ3n) is 4.12. The van der Waals surface area contributed by atoms with Crippen LogP contribution in [0.2, 0.25) is 0 Å². The summed E-state index contributed by atoms with van der Waals surface area (Å²) in [5.74, 6) is -0.0550. The molecule has 0 aliphatic heterocycles. The molecule has 7 heteroatoms. The molecule has 0 unspecified atom stereocenters. The lowest BCUT2D eigenvalue weighted by molar-refractivity contribution is -0.131. The number of rotatable bonds is 6. The number of H-pyrrole nitrogens is 1. The Balaban J connectivity index is 2.42. The quantitative estimate of drug-likeness (QED) is 0.817. The second kappa shape index (κ2) is 6.95. The van der Waals surface area contributed by atoms with Crippen molar-refractivity contribution in [3.8, 4) is 0 Å². The van der Waals surface area contributed by atoms with Gasteiger partial charge in [0.05, 0.1) is 18.4 Å². The highest BCUT2D eigenvalue weighted by Gasteiger charge is 2.19. The molecule has 0 saturated heterocycles. The van der Waals surface area contributed by atoms with Crippen LogP contribution in [-0.4, -0.2) is 50.4 Å². The van der Waals surface area contributed by atoms with E-state index in [1.54, 1.807) is 16.6 Å². The molecule has 2 rings (SSSR count). The molecule has 0 saturated carbocycles. The van der Waals surface area contributed by atoms with Gasteiger partial charge in [-0.1, -0.05) is 6.92 Å². The minimum atomic E-state index is -0.193. The number of aliphatic hydroxyl groups is 1.